The fraction of sp³-hybridized carbons (Fsp3) is 0.357. The van der Waals surface area contributed by atoms with E-state index in [0.717, 1.165) is 22.8 Å². The van der Waals surface area contributed by atoms with Gasteiger partial charge in [0.1, 0.15) is 7.05 Å². The molecule has 0 bridgehead atoms. The fourth-order valence-corrected chi connectivity index (χ4v) is 5.78. The minimum absolute atomic E-state index is 0.0119. The molecule has 2 aromatic rings. The molecule has 4 nitrogen and oxygen atoms in total. The van der Waals surface area contributed by atoms with Crippen molar-refractivity contribution < 1.29 is 14.5 Å². The second kappa shape index (κ2) is 6.76. The number of rotatable bonds is 2. The van der Waals surface area contributed by atoms with E-state index in [2.05, 4.69) is 67.5 Å². The molecule has 2 aliphatic heterocycles. The number of benzene rings is 2. The number of carbonyl (C=O) groups is 1. The zero-order chi connectivity index (χ0) is 23.0. The van der Waals surface area contributed by atoms with Crippen molar-refractivity contribution in [1.82, 2.24) is 0 Å². The summed E-state index contributed by atoms with van der Waals surface area (Å²) in [5.74, 6) is -0.497. The monoisotopic (exact) mass is 427 g/mol. The molecular weight excluding hydrogens is 396 g/mol. The Bertz CT molecular complexity index is 1250. The summed E-state index contributed by atoms with van der Waals surface area (Å²) in [7, 11) is 4.07. The Morgan fingerprint density at radius 2 is 1.59 bits per heavy atom. The highest BCUT2D eigenvalue weighted by molar-refractivity contribution is 6.14. The number of fused-ring (bicyclic) bond motifs is 2. The summed E-state index contributed by atoms with van der Waals surface area (Å²) < 4.78 is 2.14. The fourth-order valence-electron chi connectivity index (χ4n) is 5.78. The van der Waals surface area contributed by atoms with Crippen molar-refractivity contribution in [2.75, 3.05) is 19.0 Å². The van der Waals surface area contributed by atoms with Crippen molar-refractivity contribution >= 4 is 22.9 Å². The molecule has 2 unspecified atom stereocenters. The summed E-state index contributed by atoms with van der Waals surface area (Å²) >= 11 is 0. The van der Waals surface area contributed by atoms with Crippen LogP contribution in [0, 0.1) is 5.92 Å². The van der Waals surface area contributed by atoms with Crippen molar-refractivity contribution in [2.45, 2.75) is 44.6 Å². The van der Waals surface area contributed by atoms with Crippen LogP contribution in [0.3, 0.4) is 0 Å². The molecule has 32 heavy (non-hydrogen) atoms. The molecule has 2 heterocycles. The number of para-hydroxylation sites is 2. The molecule has 0 amide bonds. The Hall–Kier alpha value is -2.98. The zero-order valence-electron chi connectivity index (χ0n) is 19.7. The third-order valence-corrected chi connectivity index (χ3v) is 7.76. The van der Waals surface area contributed by atoms with Gasteiger partial charge < -0.3 is 10.0 Å². The second-order valence-corrected chi connectivity index (χ2v) is 10.3. The largest absolute Gasteiger partial charge is 0.387 e. The first-order chi connectivity index (χ1) is 15.1. The first-order valence-corrected chi connectivity index (χ1v) is 11.3. The summed E-state index contributed by atoms with van der Waals surface area (Å²) in [6.07, 6.45) is 3.11. The second-order valence-electron chi connectivity index (χ2n) is 10.3. The van der Waals surface area contributed by atoms with E-state index in [-0.39, 0.29) is 16.6 Å². The number of aliphatic hydroxyl groups excluding tert-OH is 1. The van der Waals surface area contributed by atoms with Crippen LogP contribution in [-0.2, 0) is 15.6 Å². The van der Waals surface area contributed by atoms with Gasteiger partial charge in [0.2, 0.25) is 5.69 Å². The number of hydrogen-bond acceptors (Lipinski definition) is 3. The smallest absolute Gasteiger partial charge is 0.209 e. The minimum atomic E-state index is -0.789. The van der Waals surface area contributed by atoms with E-state index in [4.69, 9.17) is 0 Å². The number of carbonyl (C=O) groups excluding carboxylic acids is 1. The van der Waals surface area contributed by atoms with Crippen molar-refractivity contribution in [3.63, 3.8) is 0 Å². The van der Waals surface area contributed by atoms with E-state index in [9.17, 15) is 9.90 Å². The minimum Gasteiger partial charge on any atom is -0.387 e. The lowest BCUT2D eigenvalue weighted by molar-refractivity contribution is -0.401. The van der Waals surface area contributed by atoms with E-state index in [1.54, 1.807) is 0 Å². The number of aliphatic hydroxyl groups is 1. The van der Waals surface area contributed by atoms with Gasteiger partial charge >= 0.3 is 0 Å². The summed E-state index contributed by atoms with van der Waals surface area (Å²) in [5.41, 5.74) is 6.96. The molecule has 2 atom stereocenters. The normalized spacial score (nSPS) is 27.7. The Morgan fingerprint density at radius 1 is 0.969 bits per heavy atom. The van der Waals surface area contributed by atoms with E-state index >= 15 is 0 Å². The average molecular weight is 428 g/mol. The molecule has 0 radical (unpaired) electrons. The van der Waals surface area contributed by atoms with Gasteiger partial charge in [0.15, 0.2) is 11.5 Å². The molecule has 4 heteroatoms. The maximum absolute atomic E-state index is 13.2. The number of likely N-dealkylation sites (N-methyl/N-ethyl adjacent to an activating group) is 1. The molecule has 1 aliphatic carbocycles. The van der Waals surface area contributed by atoms with Crippen LogP contribution in [0.4, 0.5) is 11.4 Å². The SMILES string of the molecule is CN1C(=CC2C(=O)C(=CC3=[N+](C)c4ccccc4C3(C)C)C2O)C(C)(C)c2ccccc21. The Balaban J connectivity index is 1.48. The molecule has 1 saturated carbocycles. The number of nitrogens with zero attached hydrogens (tertiary/aromatic N) is 2. The van der Waals surface area contributed by atoms with Crippen molar-refractivity contribution in [2.24, 2.45) is 5.92 Å². The highest BCUT2D eigenvalue weighted by atomic mass is 16.3. The lowest BCUT2D eigenvalue weighted by Crippen LogP contribution is -2.46. The molecule has 3 aliphatic rings. The van der Waals surface area contributed by atoms with Gasteiger partial charge in [-0.3, -0.25) is 4.79 Å². The van der Waals surface area contributed by atoms with Gasteiger partial charge in [0.05, 0.1) is 17.4 Å². The summed E-state index contributed by atoms with van der Waals surface area (Å²) in [6, 6.07) is 16.7. The maximum atomic E-state index is 13.2. The number of Topliss-reactive ketones (excluding diaryl/α,β-unsaturated/α-hetero) is 1. The Morgan fingerprint density at radius 3 is 2.22 bits per heavy atom. The van der Waals surface area contributed by atoms with Crippen LogP contribution in [0.1, 0.15) is 38.8 Å². The number of hydrogen-bond donors (Lipinski definition) is 1. The highest BCUT2D eigenvalue weighted by Crippen LogP contribution is 2.48. The third-order valence-electron chi connectivity index (χ3n) is 7.76. The quantitative estimate of drug-likeness (QED) is 0.567. The highest BCUT2D eigenvalue weighted by Gasteiger charge is 2.49. The molecule has 0 spiro atoms. The van der Waals surface area contributed by atoms with Crippen LogP contribution in [0.5, 0.6) is 0 Å². The van der Waals surface area contributed by atoms with E-state index < -0.39 is 12.0 Å². The molecule has 5 rings (SSSR count). The van der Waals surface area contributed by atoms with Gasteiger partial charge in [-0.25, -0.2) is 0 Å². The van der Waals surface area contributed by atoms with Crippen LogP contribution in [0.2, 0.25) is 0 Å². The lowest BCUT2D eigenvalue weighted by atomic mass is 9.71. The van der Waals surface area contributed by atoms with E-state index in [1.165, 1.54) is 11.1 Å². The van der Waals surface area contributed by atoms with Crippen LogP contribution in [0.15, 0.2) is 72.0 Å². The molecule has 0 saturated heterocycles. The topological polar surface area (TPSA) is 43.5 Å². The molecule has 164 valence electrons. The standard InChI is InChI=1S/C28H31N2O2/c1-27(2)19-11-7-9-13-21(19)29(5)23(27)15-17-25(31)18(26(17)32)16-24-28(3,4)20-12-8-10-14-22(20)30(24)6/h7-17,25,31H,1-6H3/q+1. The van der Waals surface area contributed by atoms with E-state index in [1.807, 2.05) is 44.4 Å². The number of ketones is 1. The third kappa shape index (κ3) is 2.65. The van der Waals surface area contributed by atoms with Crippen molar-refractivity contribution in [3.8, 4) is 0 Å². The zero-order valence-corrected chi connectivity index (χ0v) is 19.7. The average Bonchev–Trinajstić information content (AvgIpc) is 3.09. The summed E-state index contributed by atoms with van der Waals surface area (Å²) in [5, 5.41) is 11.0. The first kappa shape index (κ1) is 20.9. The van der Waals surface area contributed by atoms with Gasteiger partial charge in [-0.1, -0.05) is 56.3 Å². The molecule has 0 aromatic heterocycles. The van der Waals surface area contributed by atoms with Crippen LogP contribution in [-0.4, -0.2) is 41.4 Å². The predicted octanol–water partition coefficient (Wildman–Crippen LogP) is 4.49. The lowest BCUT2D eigenvalue weighted by Gasteiger charge is -2.35. The Kier molecular flexibility index (Phi) is 4.41. The molecular formula is C28H31N2O2+. The summed E-state index contributed by atoms with van der Waals surface area (Å²) in [6.45, 7) is 8.70. The Labute approximate surface area is 190 Å². The van der Waals surface area contributed by atoms with Crippen molar-refractivity contribution in [1.29, 1.82) is 0 Å². The molecule has 1 N–H and O–H groups in total. The van der Waals surface area contributed by atoms with Crippen LogP contribution < -0.4 is 4.90 Å². The molecule has 1 fully saturated rings. The van der Waals surface area contributed by atoms with Crippen molar-refractivity contribution in [3.05, 3.63) is 83.1 Å². The van der Waals surface area contributed by atoms with Gasteiger partial charge in [0, 0.05) is 47.1 Å². The summed E-state index contributed by atoms with van der Waals surface area (Å²) in [4.78, 5) is 15.4. The van der Waals surface area contributed by atoms with Crippen LogP contribution in [0.25, 0.3) is 0 Å². The number of allylic oxidation sites excluding steroid dienone is 2. The van der Waals surface area contributed by atoms with Gasteiger partial charge in [-0.15, -0.1) is 0 Å². The van der Waals surface area contributed by atoms with E-state index in [0.29, 0.717) is 5.57 Å². The van der Waals surface area contributed by atoms with Crippen LogP contribution >= 0.6 is 0 Å². The van der Waals surface area contributed by atoms with Gasteiger partial charge in [-0.2, -0.15) is 4.58 Å². The first-order valence-electron chi connectivity index (χ1n) is 11.3. The van der Waals surface area contributed by atoms with Gasteiger partial charge in [-0.05, 0) is 25.5 Å². The maximum Gasteiger partial charge on any atom is 0.209 e. The predicted molar refractivity (Wildman–Crippen MR) is 129 cm³/mol. The number of anilines is 1. The van der Waals surface area contributed by atoms with Gasteiger partial charge in [0.25, 0.3) is 0 Å². The molecule has 2 aromatic carbocycles.